The van der Waals surface area contributed by atoms with Crippen molar-refractivity contribution in [2.24, 2.45) is 0 Å². The van der Waals surface area contributed by atoms with E-state index in [0.29, 0.717) is 22.8 Å². The van der Waals surface area contributed by atoms with Gasteiger partial charge >= 0.3 is 6.03 Å². The van der Waals surface area contributed by atoms with Gasteiger partial charge in [0.25, 0.3) is 11.8 Å². The van der Waals surface area contributed by atoms with Crippen LogP contribution in [0.3, 0.4) is 0 Å². The van der Waals surface area contributed by atoms with Gasteiger partial charge in [-0.3, -0.25) is 14.9 Å². The number of halogens is 1. The Morgan fingerprint density at radius 2 is 1.70 bits per heavy atom. The first-order valence-corrected chi connectivity index (χ1v) is 7.20. The third-order valence-electron chi connectivity index (χ3n) is 3.36. The van der Waals surface area contributed by atoms with Gasteiger partial charge in [0.15, 0.2) is 0 Å². The highest BCUT2D eigenvalue weighted by atomic mass is 35.5. The second-order valence-electron chi connectivity index (χ2n) is 4.98. The van der Waals surface area contributed by atoms with Crippen molar-refractivity contribution in [2.45, 2.75) is 6.54 Å². The standard InChI is InChI=1S/C16H12ClN3O3/c17-10-3-1-9(2-4-10)8-18-16(23)19-11-5-6-12-13(7-11)15(22)20-14(12)21/h1-7H,8H2,(H2,18,19,23)(H,20,21,22). The van der Waals surface area contributed by atoms with Crippen LogP contribution in [-0.4, -0.2) is 17.8 Å². The molecule has 3 rings (SSSR count). The van der Waals surface area contributed by atoms with Gasteiger partial charge in [0.05, 0.1) is 11.1 Å². The minimum atomic E-state index is -0.463. The van der Waals surface area contributed by atoms with E-state index in [-0.39, 0.29) is 5.56 Å². The highest BCUT2D eigenvalue weighted by Gasteiger charge is 2.26. The smallest absolute Gasteiger partial charge is 0.319 e. The molecule has 1 heterocycles. The summed E-state index contributed by atoms with van der Waals surface area (Å²) in [6, 6.07) is 11.2. The number of carbonyl (C=O) groups is 3. The number of hydrogen-bond donors (Lipinski definition) is 3. The predicted octanol–water partition coefficient (Wildman–Crippen LogP) is 2.55. The fourth-order valence-corrected chi connectivity index (χ4v) is 2.33. The zero-order chi connectivity index (χ0) is 16.4. The number of amides is 4. The molecule has 7 heteroatoms. The number of hydrogen-bond acceptors (Lipinski definition) is 3. The fourth-order valence-electron chi connectivity index (χ4n) is 2.21. The molecule has 6 nitrogen and oxygen atoms in total. The molecular weight excluding hydrogens is 318 g/mol. The molecular formula is C16H12ClN3O3. The molecule has 0 unspecified atom stereocenters. The SMILES string of the molecule is O=C(NCc1ccc(Cl)cc1)Nc1ccc2c(c1)C(=O)NC2=O. The first-order valence-electron chi connectivity index (χ1n) is 6.82. The summed E-state index contributed by atoms with van der Waals surface area (Å²) < 4.78 is 0. The molecule has 2 aromatic carbocycles. The molecule has 0 aromatic heterocycles. The second kappa shape index (κ2) is 6.10. The molecule has 23 heavy (non-hydrogen) atoms. The Kier molecular flexibility index (Phi) is 3.99. The van der Waals surface area contributed by atoms with E-state index in [1.165, 1.54) is 12.1 Å². The molecule has 3 N–H and O–H groups in total. The van der Waals surface area contributed by atoms with Crippen molar-refractivity contribution in [2.75, 3.05) is 5.32 Å². The lowest BCUT2D eigenvalue weighted by Gasteiger charge is -2.08. The van der Waals surface area contributed by atoms with Gasteiger partial charge in [0.2, 0.25) is 0 Å². The van der Waals surface area contributed by atoms with Gasteiger partial charge in [-0.1, -0.05) is 23.7 Å². The molecule has 1 aliphatic rings. The quantitative estimate of drug-likeness (QED) is 0.756. The molecule has 1 aliphatic heterocycles. The minimum absolute atomic E-state index is 0.255. The van der Waals surface area contributed by atoms with Crippen LogP contribution in [0.1, 0.15) is 26.3 Å². The Balaban J connectivity index is 1.62. The Labute approximate surface area is 136 Å². The van der Waals surface area contributed by atoms with E-state index >= 15 is 0 Å². The predicted molar refractivity (Wildman–Crippen MR) is 85.5 cm³/mol. The van der Waals surface area contributed by atoms with Crippen molar-refractivity contribution in [1.82, 2.24) is 10.6 Å². The van der Waals surface area contributed by atoms with Crippen LogP contribution in [0.4, 0.5) is 10.5 Å². The molecule has 0 radical (unpaired) electrons. The maximum atomic E-state index is 11.9. The zero-order valence-electron chi connectivity index (χ0n) is 11.9. The van der Waals surface area contributed by atoms with Crippen LogP contribution in [-0.2, 0) is 6.54 Å². The van der Waals surface area contributed by atoms with E-state index in [1.54, 1.807) is 18.2 Å². The molecule has 0 spiro atoms. The largest absolute Gasteiger partial charge is 0.334 e. The number of nitrogens with one attached hydrogen (secondary N) is 3. The van der Waals surface area contributed by atoms with Crippen LogP contribution in [0.25, 0.3) is 0 Å². The maximum Gasteiger partial charge on any atom is 0.319 e. The van der Waals surface area contributed by atoms with Crippen molar-refractivity contribution < 1.29 is 14.4 Å². The van der Waals surface area contributed by atoms with Crippen LogP contribution >= 0.6 is 11.6 Å². The Morgan fingerprint density at radius 3 is 2.43 bits per heavy atom. The van der Waals surface area contributed by atoms with E-state index in [0.717, 1.165) is 5.56 Å². The van der Waals surface area contributed by atoms with Crippen molar-refractivity contribution >= 4 is 35.1 Å². The Morgan fingerprint density at radius 1 is 1.00 bits per heavy atom. The van der Waals surface area contributed by atoms with Gasteiger partial charge in [-0.25, -0.2) is 4.79 Å². The lowest BCUT2D eigenvalue weighted by Crippen LogP contribution is -2.28. The number of imide groups is 1. The van der Waals surface area contributed by atoms with E-state index in [4.69, 9.17) is 11.6 Å². The molecule has 0 bridgehead atoms. The van der Waals surface area contributed by atoms with Crippen molar-refractivity contribution in [1.29, 1.82) is 0 Å². The highest BCUT2D eigenvalue weighted by Crippen LogP contribution is 2.20. The molecule has 0 atom stereocenters. The summed E-state index contributed by atoms with van der Waals surface area (Å²) >= 11 is 5.79. The Bertz CT molecular complexity index is 803. The van der Waals surface area contributed by atoms with E-state index in [9.17, 15) is 14.4 Å². The topological polar surface area (TPSA) is 87.3 Å². The van der Waals surface area contributed by atoms with Crippen LogP contribution in [0, 0.1) is 0 Å². The molecule has 0 saturated heterocycles. The highest BCUT2D eigenvalue weighted by molar-refractivity contribution is 6.30. The van der Waals surface area contributed by atoms with E-state index in [2.05, 4.69) is 16.0 Å². The van der Waals surface area contributed by atoms with E-state index in [1.807, 2.05) is 12.1 Å². The lowest BCUT2D eigenvalue weighted by atomic mass is 10.1. The fraction of sp³-hybridized carbons (Fsp3) is 0.0625. The summed E-state index contributed by atoms with van der Waals surface area (Å²) in [6.07, 6.45) is 0. The van der Waals surface area contributed by atoms with Crippen LogP contribution in [0.15, 0.2) is 42.5 Å². The first-order chi connectivity index (χ1) is 11.0. The lowest BCUT2D eigenvalue weighted by molar-refractivity contribution is 0.0879. The second-order valence-corrected chi connectivity index (χ2v) is 5.41. The summed E-state index contributed by atoms with van der Waals surface area (Å²) in [5.74, 6) is -0.890. The zero-order valence-corrected chi connectivity index (χ0v) is 12.6. The molecule has 0 fully saturated rings. The van der Waals surface area contributed by atoms with Crippen LogP contribution < -0.4 is 16.0 Å². The maximum absolute atomic E-state index is 11.9. The number of carbonyl (C=O) groups excluding carboxylic acids is 3. The normalized spacial score (nSPS) is 12.6. The molecule has 0 aliphatic carbocycles. The summed E-state index contributed by atoms with van der Waals surface area (Å²) in [5, 5.41) is 8.14. The van der Waals surface area contributed by atoms with Crippen LogP contribution in [0.2, 0.25) is 5.02 Å². The van der Waals surface area contributed by atoms with Gasteiger partial charge in [0.1, 0.15) is 0 Å². The third kappa shape index (κ3) is 3.32. The summed E-state index contributed by atoms with van der Waals surface area (Å²) in [4.78, 5) is 34.9. The van der Waals surface area contributed by atoms with Crippen molar-refractivity contribution in [3.8, 4) is 0 Å². The van der Waals surface area contributed by atoms with Gasteiger partial charge in [-0.05, 0) is 35.9 Å². The summed E-state index contributed by atoms with van der Waals surface area (Å²) in [6.45, 7) is 0.340. The molecule has 116 valence electrons. The number of fused-ring (bicyclic) bond motifs is 1. The van der Waals surface area contributed by atoms with Gasteiger partial charge < -0.3 is 10.6 Å². The average molecular weight is 330 g/mol. The summed E-state index contributed by atoms with van der Waals surface area (Å²) in [7, 11) is 0. The Hall–Kier alpha value is -2.86. The minimum Gasteiger partial charge on any atom is -0.334 e. The number of rotatable bonds is 3. The molecule has 0 saturated carbocycles. The van der Waals surface area contributed by atoms with Crippen molar-refractivity contribution in [3.63, 3.8) is 0 Å². The average Bonchev–Trinajstić information content (AvgIpc) is 2.81. The molecule has 2 aromatic rings. The summed E-state index contributed by atoms with van der Waals surface area (Å²) in [5.41, 5.74) is 1.90. The van der Waals surface area contributed by atoms with Crippen LogP contribution in [0.5, 0.6) is 0 Å². The van der Waals surface area contributed by atoms with Gasteiger partial charge in [-0.15, -0.1) is 0 Å². The van der Waals surface area contributed by atoms with E-state index < -0.39 is 17.8 Å². The first kappa shape index (κ1) is 15.1. The number of anilines is 1. The van der Waals surface area contributed by atoms with Crippen molar-refractivity contribution in [3.05, 3.63) is 64.2 Å². The monoisotopic (exact) mass is 329 g/mol. The van der Waals surface area contributed by atoms with Gasteiger partial charge in [-0.2, -0.15) is 0 Å². The number of urea groups is 1. The third-order valence-corrected chi connectivity index (χ3v) is 3.61. The number of benzene rings is 2. The molecule has 4 amide bonds. The van der Waals surface area contributed by atoms with Gasteiger partial charge in [0, 0.05) is 17.3 Å².